The van der Waals surface area contributed by atoms with Gasteiger partial charge in [-0.3, -0.25) is 9.59 Å². The van der Waals surface area contributed by atoms with Gasteiger partial charge in [0.15, 0.2) is 11.5 Å². The highest BCUT2D eigenvalue weighted by Crippen LogP contribution is 2.65. The van der Waals surface area contributed by atoms with Crippen molar-refractivity contribution in [1.29, 1.82) is 0 Å². The summed E-state index contributed by atoms with van der Waals surface area (Å²) in [6, 6.07) is 3.09. The van der Waals surface area contributed by atoms with Crippen molar-refractivity contribution in [2.45, 2.75) is 13.3 Å². The number of amides is 2. The predicted molar refractivity (Wildman–Crippen MR) is 98.4 cm³/mol. The molecule has 0 radical (unpaired) electrons. The Hall–Kier alpha value is -2.34. The second kappa shape index (κ2) is 5.83. The number of phenolic OH excluding ortho intramolecular Hbond substituents is 1. The van der Waals surface area contributed by atoms with Crippen LogP contribution in [-0.2, 0) is 9.59 Å². The van der Waals surface area contributed by atoms with Crippen LogP contribution in [0.4, 0.5) is 0 Å². The van der Waals surface area contributed by atoms with Crippen molar-refractivity contribution in [3.8, 4) is 11.5 Å². The van der Waals surface area contributed by atoms with E-state index < -0.39 is 0 Å². The molecule has 1 aliphatic heterocycles. The maximum atomic E-state index is 12.9. The summed E-state index contributed by atoms with van der Waals surface area (Å²) in [5, 5.41) is 15.2. The smallest absolute Gasteiger partial charge is 0.254 e. The fourth-order valence-electron chi connectivity index (χ4n) is 5.11. The first-order valence-electron chi connectivity index (χ1n) is 9.26. The third-order valence-electron chi connectivity index (χ3n) is 6.31. The predicted octanol–water partition coefficient (Wildman–Crippen LogP) is 2.83. The highest BCUT2D eigenvalue weighted by Gasteiger charge is 2.67. The Bertz CT molecular complexity index is 875. The lowest BCUT2D eigenvalue weighted by Gasteiger charge is -2.37. The fourth-order valence-corrected chi connectivity index (χ4v) is 5.33. The summed E-state index contributed by atoms with van der Waals surface area (Å²) in [5.41, 5.74) is 0.542. The lowest BCUT2D eigenvalue weighted by atomic mass is 9.63. The molecule has 140 valence electrons. The molecule has 6 nitrogen and oxygen atoms in total. The van der Waals surface area contributed by atoms with Crippen molar-refractivity contribution in [3.05, 3.63) is 34.9 Å². The van der Waals surface area contributed by atoms with E-state index in [2.05, 4.69) is 17.3 Å². The van der Waals surface area contributed by atoms with Crippen LogP contribution >= 0.6 is 11.6 Å². The first-order valence-corrected chi connectivity index (χ1v) is 9.64. The summed E-state index contributed by atoms with van der Waals surface area (Å²) in [7, 11) is 0. The van der Waals surface area contributed by atoms with E-state index in [1.165, 1.54) is 12.3 Å². The third-order valence-corrected chi connectivity index (χ3v) is 6.60. The molecule has 1 N–H and O–H groups in total. The van der Waals surface area contributed by atoms with E-state index in [1.54, 1.807) is 13.0 Å². The summed E-state index contributed by atoms with van der Waals surface area (Å²) < 4.78 is 5.35. The number of hydrazone groups is 1. The van der Waals surface area contributed by atoms with Crippen molar-refractivity contribution in [2.75, 3.05) is 6.61 Å². The highest BCUT2D eigenvalue weighted by molar-refractivity contribution is 6.32. The van der Waals surface area contributed by atoms with Crippen molar-refractivity contribution >= 4 is 29.6 Å². The number of carbonyl (C=O) groups excluding carboxylic acids is 2. The number of carbonyl (C=O) groups is 2. The number of phenols is 1. The second-order valence-corrected chi connectivity index (χ2v) is 8.08. The van der Waals surface area contributed by atoms with Crippen LogP contribution in [0.3, 0.4) is 0 Å². The van der Waals surface area contributed by atoms with Crippen LogP contribution < -0.4 is 4.74 Å². The van der Waals surface area contributed by atoms with Crippen molar-refractivity contribution in [2.24, 2.45) is 40.6 Å². The third kappa shape index (κ3) is 2.35. The maximum absolute atomic E-state index is 12.9. The number of halogens is 1. The van der Waals surface area contributed by atoms with E-state index in [-0.39, 0.29) is 52.0 Å². The van der Waals surface area contributed by atoms with Crippen molar-refractivity contribution in [1.82, 2.24) is 5.01 Å². The number of nitrogens with zero attached hydrogens (tertiary/aromatic N) is 2. The van der Waals surface area contributed by atoms with E-state index in [4.69, 9.17) is 16.3 Å². The number of allylic oxidation sites excluding steroid dienone is 2. The average Bonchev–Trinajstić information content (AvgIpc) is 3.43. The van der Waals surface area contributed by atoms with Crippen LogP contribution in [0.2, 0.25) is 5.02 Å². The zero-order valence-corrected chi connectivity index (χ0v) is 15.5. The summed E-state index contributed by atoms with van der Waals surface area (Å²) >= 11 is 6.03. The lowest BCUT2D eigenvalue weighted by molar-refractivity contribution is -0.140. The van der Waals surface area contributed by atoms with Gasteiger partial charge in [0.25, 0.3) is 11.8 Å². The number of ether oxygens (including phenoxy) is 1. The van der Waals surface area contributed by atoms with E-state index >= 15 is 0 Å². The Morgan fingerprint density at radius 1 is 1.22 bits per heavy atom. The van der Waals surface area contributed by atoms with Gasteiger partial charge in [-0.05, 0) is 54.7 Å². The van der Waals surface area contributed by atoms with Gasteiger partial charge < -0.3 is 9.84 Å². The van der Waals surface area contributed by atoms with Crippen molar-refractivity contribution in [3.63, 3.8) is 0 Å². The molecule has 2 bridgehead atoms. The largest absolute Gasteiger partial charge is 0.503 e. The summed E-state index contributed by atoms with van der Waals surface area (Å²) in [5.74, 6) is 0.619. The van der Waals surface area contributed by atoms with E-state index in [0.717, 1.165) is 11.4 Å². The first-order chi connectivity index (χ1) is 13.0. The maximum Gasteiger partial charge on any atom is 0.254 e. The molecular weight excluding hydrogens is 368 g/mol. The topological polar surface area (TPSA) is 79.2 Å². The van der Waals surface area contributed by atoms with Gasteiger partial charge in [0, 0.05) is 0 Å². The molecule has 7 heteroatoms. The molecule has 6 rings (SSSR count). The van der Waals surface area contributed by atoms with Gasteiger partial charge in [-0.2, -0.15) is 10.1 Å². The minimum Gasteiger partial charge on any atom is -0.503 e. The molecule has 3 fully saturated rings. The summed E-state index contributed by atoms with van der Waals surface area (Å²) in [4.78, 5) is 25.8. The van der Waals surface area contributed by atoms with Crippen LogP contribution in [0.15, 0.2) is 29.4 Å². The molecule has 27 heavy (non-hydrogen) atoms. The Morgan fingerprint density at radius 2 is 1.85 bits per heavy atom. The van der Waals surface area contributed by atoms with Gasteiger partial charge in [0.1, 0.15) is 0 Å². The van der Waals surface area contributed by atoms with Crippen LogP contribution in [0.25, 0.3) is 0 Å². The minimum atomic E-state index is -0.268. The molecule has 1 aromatic carbocycles. The van der Waals surface area contributed by atoms with Crippen LogP contribution in [0, 0.1) is 35.5 Å². The monoisotopic (exact) mass is 386 g/mol. The second-order valence-electron chi connectivity index (χ2n) is 7.67. The molecular formula is C20H19ClN2O4. The first kappa shape index (κ1) is 16.8. The number of rotatable bonds is 4. The molecule has 6 atom stereocenters. The summed E-state index contributed by atoms with van der Waals surface area (Å²) in [6.45, 7) is 2.17. The number of imide groups is 1. The Kier molecular flexibility index (Phi) is 3.63. The van der Waals surface area contributed by atoms with Gasteiger partial charge in [-0.25, -0.2) is 0 Å². The molecule has 2 saturated carbocycles. The van der Waals surface area contributed by atoms with E-state index in [0.29, 0.717) is 24.0 Å². The van der Waals surface area contributed by atoms with E-state index in [1.807, 2.05) is 0 Å². The average molecular weight is 387 g/mol. The van der Waals surface area contributed by atoms with Gasteiger partial charge >= 0.3 is 0 Å². The number of hydrogen-bond donors (Lipinski definition) is 1. The molecule has 0 unspecified atom stereocenters. The standard InChI is InChI=1S/C20H19ClN2O4/c1-2-27-15-6-9(5-14(21)18(15)24)8-22-23-19(25)16-10-3-4-11(13-7-12(10)13)17(16)20(23)26/h3-6,8,10-13,16-17,24H,2,7H2,1H3/b22-8-/t10-,11-,12-,13-,16+,17+/m0/s1. The number of hydrogen-bond acceptors (Lipinski definition) is 5. The summed E-state index contributed by atoms with van der Waals surface area (Å²) in [6.07, 6.45) is 6.81. The van der Waals surface area contributed by atoms with Crippen LogP contribution in [-0.4, -0.2) is 34.8 Å². The molecule has 5 aliphatic rings. The zero-order valence-electron chi connectivity index (χ0n) is 14.7. The van der Waals surface area contributed by atoms with Gasteiger partial charge in [-0.15, -0.1) is 0 Å². The Morgan fingerprint density at radius 3 is 2.44 bits per heavy atom. The Balaban J connectivity index is 1.42. The van der Waals surface area contributed by atoms with Crippen LogP contribution in [0.5, 0.6) is 11.5 Å². The molecule has 1 saturated heterocycles. The lowest BCUT2D eigenvalue weighted by Crippen LogP contribution is -2.40. The highest BCUT2D eigenvalue weighted by atomic mass is 35.5. The molecule has 1 aromatic rings. The number of aromatic hydroxyl groups is 1. The quantitative estimate of drug-likeness (QED) is 0.490. The van der Waals surface area contributed by atoms with Crippen LogP contribution in [0.1, 0.15) is 18.9 Å². The minimum absolute atomic E-state index is 0.123. The molecule has 0 spiro atoms. The molecule has 0 aromatic heterocycles. The molecule has 4 aliphatic carbocycles. The normalized spacial score (nSPS) is 35.7. The molecule has 1 heterocycles. The SMILES string of the molecule is CCOc1cc(/C=N\N2C(=O)[C@@H]3[C@H]4C=C[C@@H]([C@@H]5C[C@@H]45)[C@H]3C2=O)cc(Cl)c1O. The van der Waals surface area contributed by atoms with Gasteiger partial charge in [-0.1, -0.05) is 23.8 Å². The zero-order chi connectivity index (χ0) is 18.9. The van der Waals surface area contributed by atoms with Crippen molar-refractivity contribution < 1.29 is 19.4 Å². The Labute approximate surface area is 161 Å². The van der Waals surface area contributed by atoms with E-state index in [9.17, 15) is 14.7 Å². The fraction of sp³-hybridized carbons (Fsp3) is 0.450. The number of benzene rings is 1. The van der Waals surface area contributed by atoms with Gasteiger partial charge in [0.2, 0.25) is 0 Å². The van der Waals surface area contributed by atoms with Gasteiger partial charge in [0.05, 0.1) is 29.7 Å². The molecule has 2 amide bonds.